The molecule has 0 bridgehead atoms. The van der Waals surface area contributed by atoms with E-state index in [1.54, 1.807) is 32.9 Å². The number of hydrogen-bond acceptors (Lipinski definition) is 4. The molecule has 1 aromatic carbocycles. The Bertz CT molecular complexity index is 629. The third-order valence-electron chi connectivity index (χ3n) is 3.84. The fraction of sp³-hybridized carbons (Fsp3) is 0.579. The summed E-state index contributed by atoms with van der Waals surface area (Å²) in [5, 5.41) is 9.66. The van der Waals surface area contributed by atoms with E-state index in [2.05, 4.69) is 0 Å². The highest BCUT2D eigenvalue weighted by atomic mass is 16.6. The maximum Gasteiger partial charge on any atom is 0.413 e. The number of carboxylic acid groups (broad SMARTS) is 1. The molecule has 0 unspecified atom stereocenters. The van der Waals surface area contributed by atoms with Crippen molar-refractivity contribution in [3.63, 3.8) is 0 Å². The lowest BCUT2D eigenvalue weighted by Crippen LogP contribution is -2.47. The van der Waals surface area contributed by atoms with Gasteiger partial charge in [-0.25, -0.2) is 9.59 Å². The van der Waals surface area contributed by atoms with Crippen LogP contribution < -0.4 is 0 Å². The van der Waals surface area contributed by atoms with E-state index in [0.29, 0.717) is 5.56 Å². The Morgan fingerprint density at radius 1 is 1.08 bits per heavy atom. The molecular formula is C19H27NO5. The first kappa shape index (κ1) is 19.2. The second-order valence-corrected chi connectivity index (χ2v) is 8.36. The Labute approximate surface area is 148 Å². The van der Waals surface area contributed by atoms with Crippen LogP contribution in [0.2, 0.25) is 0 Å². The normalized spacial score (nSPS) is 24.2. The van der Waals surface area contributed by atoms with Gasteiger partial charge in [-0.2, -0.15) is 0 Å². The first-order valence-electron chi connectivity index (χ1n) is 8.36. The summed E-state index contributed by atoms with van der Waals surface area (Å²) in [5.74, 6) is -1.10. The van der Waals surface area contributed by atoms with Crippen molar-refractivity contribution in [3.05, 3.63) is 35.9 Å². The summed E-state index contributed by atoms with van der Waals surface area (Å²) in [6.07, 6.45) is -2.45. The summed E-state index contributed by atoms with van der Waals surface area (Å²) in [7, 11) is 0. The number of carbonyl (C=O) groups excluding carboxylic acids is 1. The summed E-state index contributed by atoms with van der Waals surface area (Å²) in [5.41, 5.74) is -0.469. The van der Waals surface area contributed by atoms with Gasteiger partial charge in [-0.3, -0.25) is 4.90 Å². The minimum absolute atomic E-state index is 0.478. The molecule has 0 radical (unpaired) electrons. The minimum atomic E-state index is -1.15. The van der Waals surface area contributed by atoms with E-state index in [9.17, 15) is 14.7 Å². The third kappa shape index (κ3) is 4.31. The molecule has 2 rings (SSSR count). The molecule has 6 heteroatoms. The number of carboxylic acids is 1. The van der Waals surface area contributed by atoms with Gasteiger partial charge in [0, 0.05) is 5.41 Å². The van der Waals surface area contributed by atoms with Gasteiger partial charge < -0.3 is 14.6 Å². The smallest absolute Gasteiger partial charge is 0.413 e. The largest absolute Gasteiger partial charge is 0.479 e. The quantitative estimate of drug-likeness (QED) is 0.878. The Balaban J connectivity index is 2.52. The SMILES string of the molecule is CC(C)(C)OC(=O)N1[C@@H](c2ccccc2)[C@H](C(=O)O)O[C@@H]1C(C)(C)C. The van der Waals surface area contributed by atoms with Crippen LogP contribution in [0, 0.1) is 5.41 Å². The Kier molecular flexibility index (Phi) is 5.14. The van der Waals surface area contributed by atoms with Gasteiger partial charge in [-0.05, 0) is 26.3 Å². The first-order chi connectivity index (χ1) is 11.4. The Hall–Kier alpha value is -2.08. The molecule has 0 spiro atoms. The van der Waals surface area contributed by atoms with Gasteiger partial charge in [-0.1, -0.05) is 51.1 Å². The van der Waals surface area contributed by atoms with E-state index in [1.807, 2.05) is 39.0 Å². The molecular weight excluding hydrogens is 322 g/mol. The molecule has 3 atom stereocenters. The molecule has 1 heterocycles. The molecule has 6 nitrogen and oxygen atoms in total. The molecule has 0 aliphatic carbocycles. The third-order valence-corrected chi connectivity index (χ3v) is 3.84. The van der Waals surface area contributed by atoms with Crippen LogP contribution in [0.3, 0.4) is 0 Å². The van der Waals surface area contributed by atoms with Crippen LogP contribution >= 0.6 is 0 Å². The van der Waals surface area contributed by atoms with Gasteiger partial charge in [0.15, 0.2) is 6.10 Å². The van der Waals surface area contributed by atoms with E-state index >= 15 is 0 Å². The lowest BCUT2D eigenvalue weighted by molar-refractivity contribution is -0.153. The summed E-state index contributed by atoms with van der Waals surface area (Å²) < 4.78 is 11.4. The number of carbonyl (C=O) groups is 2. The topological polar surface area (TPSA) is 76.1 Å². The number of nitrogens with zero attached hydrogens (tertiary/aromatic N) is 1. The fourth-order valence-electron chi connectivity index (χ4n) is 2.89. The second kappa shape index (κ2) is 6.67. The average molecular weight is 349 g/mol. The van der Waals surface area contributed by atoms with Crippen molar-refractivity contribution in [3.8, 4) is 0 Å². The lowest BCUT2D eigenvalue weighted by Gasteiger charge is -2.36. The molecule has 1 saturated heterocycles. The van der Waals surface area contributed by atoms with E-state index in [0.717, 1.165) is 0 Å². The van der Waals surface area contributed by atoms with Crippen LogP contribution in [0.4, 0.5) is 4.79 Å². The van der Waals surface area contributed by atoms with Crippen LogP contribution in [-0.4, -0.2) is 40.0 Å². The standard InChI is InChI=1S/C19H27NO5/c1-18(2,3)16-20(17(23)25-19(4,5)6)13(14(24-16)15(21)22)12-10-8-7-9-11-12/h7-11,13-14,16H,1-6H3,(H,21,22)/t13-,14+,16+/m0/s1. The highest BCUT2D eigenvalue weighted by molar-refractivity contribution is 5.77. The van der Waals surface area contributed by atoms with Crippen molar-refractivity contribution < 1.29 is 24.2 Å². The molecule has 1 aliphatic heterocycles. The van der Waals surface area contributed by atoms with E-state index in [4.69, 9.17) is 9.47 Å². The molecule has 138 valence electrons. The summed E-state index contributed by atoms with van der Waals surface area (Å²) in [6.45, 7) is 11.0. The van der Waals surface area contributed by atoms with Crippen molar-refractivity contribution in [2.24, 2.45) is 5.41 Å². The maximum absolute atomic E-state index is 12.9. The van der Waals surface area contributed by atoms with Gasteiger partial charge in [0.05, 0.1) is 0 Å². The lowest BCUT2D eigenvalue weighted by atomic mass is 9.92. The van der Waals surface area contributed by atoms with Gasteiger partial charge in [0.1, 0.15) is 17.9 Å². The summed E-state index contributed by atoms with van der Waals surface area (Å²) in [6, 6.07) is 8.31. The summed E-state index contributed by atoms with van der Waals surface area (Å²) in [4.78, 5) is 26.1. The zero-order valence-corrected chi connectivity index (χ0v) is 15.6. The maximum atomic E-state index is 12.9. The Morgan fingerprint density at radius 2 is 1.64 bits per heavy atom. The van der Waals surface area contributed by atoms with E-state index in [-0.39, 0.29) is 0 Å². The van der Waals surface area contributed by atoms with Crippen LogP contribution in [0.1, 0.15) is 53.1 Å². The molecule has 1 N–H and O–H groups in total. The van der Waals surface area contributed by atoms with Crippen LogP contribution in [-0.2, 0) is 14.3 Å². The molecule has 1 aromatic rings. The summed E-state index contributed by atoms with van der Waals surface area (Å²) >= 11 is 0. The zero-order valence-electron chi connectivity index (χ0n) is 15.6. The van der Waals surface area contributed by atoms with Crippen LogP contribution in [0.25, 0.3) is 0 Å². The van der Waals surface area contributed by atoms with Crippen LogP contribution in [0.5, 0.6) is 0 Å². The number of aliphatic carboxylic acids is 1. The molecule has 1 fully saturated rings. The molecule has 1 aliphatic rings. The van der Waals surface area contributed by atoms with Gasteiger partial charge in [-0.15, -0.1) is 0 Å². The van der Waals surface area contributed by atoms with Crippen LogP contribution in [0.15, 0.2) is 30.3 Å². The van der Waals surface area contributed by atoms with Crippen molar-refractivity contribution >= 4 is 12.1 Å². The predicted molar refractivity (Wildman–Crippen MR) is 93.0 cm³/mol. The Morgan fingerprint density at radius 3 is 2.08 bits per heavy atom. The highest BCUT2D eigenvalue weighted by Gasteiger charge is 2.53. The van der Waals surface area contributed by atoms with Crippen molar-refractivity contribution in [1.82, 2.24) is 4.90 Å². The van der Waals surface area contributed by atoms with Gasteiger partial charge >= 0.3 is 12.1 Å². The van der Waals surface area contributed by atoms with Gasteiger partial charge in [0.25, 0.3) is 0 Å². The molecule has 1 amide bonds. The second-order valence-electron chi connectivity index (χ2n) is 8.36. The first-order valence-corrected chi connectivity index (χ1v) is 8.36. The predicted octanol–water partition coefficient (Wildman–Crippen LogP) is 3.82. The number of benzene rings is 1. The number of hydrogen-bond donors (Lipinski definition) is 1. The van der Waals surface area contributed by atoms with E-state index in [1.165, 1.54) is 4.90 Å². The van der Waals surface area contributed by atoms with Crippen molar-refractivity contribution in [2.45, 2.75) is 65.5 Å². The number of ether oxygens (including phenoxy) is 2. The molecule has 25 heavy (non-hydrogen) atoms. The van der Waals surface area contributed by atoms with Crippen molar-refractivity contribution in [2.75, 3.05) is 0 Å². The number of amides is 1. The minimum Gasteiger partial charge on any atom is -0.479 e. The molecule has 0 saturated carbocycles. The fourth-order valence-corrected chi connectivity index (χ4v) is 2.89. The van der Waals surface area contributed by atoms with E-state index < -0.39 is 41.5 Å². The zero-order chi connectivity index (χ0) is 19.0. The van der Waals surface area contributed by atoms with Gasteiger partial charge in [0.2, 0.25) is 0 Å². The monoisotopic (exact) mass is 349 g/mol. The molecule has 0 aromatic heterocycles. The highest BCUT2D eigenvalue weighted by Crippen LogP contribution is 2.43. The van der Waals surface area contributed by atoms with Crippen molar-refractivity contribution in [1.29, 1.82) is 0 Å². The average Bonchev–Trinajstić information content (AvgIpc) is 2.87. The number of rotatable bonds is 2.